The minimum atomic E-state index is -1.04. The normalized spacial score (nSPS) is 9.85. The molecule has 0 unspecified atom stereocenters. The van der Waals surface area contributed by atoms with Gasteiger partial charge >= 0.3 is 5.97 Å². The van der Waals surface area contributed by atoms with E-state index in [2.05, 4.69) is 11.4 Å². The summed E-state index contributed by atoms with van der Waals surface area (Å²) in [6.45, 7) is 1.90. The first kappa shape index (κ1) is 13.9. The molecule has 0 aliphatic heterocycles. The zero-order valence-electron chi connectivity index (χ0n) is 10.6. The molecule has 0 spiro atoms. The van der Waals surface area contributed by atoms with Gasteiger partial charge in [-0.2, -0.15) is 5.26 Å². The van der Waals surface area contributed by atoms with E-state index in [1.54, 1.807) is 18.2 Å². The van der Waals surface area contributed by atoms with Crippen LogP contribution in [-0.4, -0.2) is 11.1 Å². The number of benzene rings is 2. The Morgan fingerprint density at radius 2 is 1.95 bits per heavy atom. The number of carboxylic acids is 1. The van der Waals surface area contributed by atoms with Crippen LogP contribution >= 0.6 is 11.6 Å². The zero-order chi connectivity index (χ0) is 14.7. The molecule has 0 amide bonds. The number of halogens is 1. The molecule has 0 fully saturated rings. The molecule has 2 N–H and O–H groups in total. The summed E-state index contributed by atoms with van der Waals surface area (Å²) in [5.41, 5.74) is 2.79. The molecule has 0 radical (unpaired) electrons. The number of aryl methyl sites for hydroxylation is 1. The highest BCUT2D eigenvalue weighted by Gasteiger charge is 2.09. The third kappa shape index (κ3) is 2.90. The Balaban J connectivity index is 2.36. The van der Waals surface area contributed by atoms with Crippen LogP contribution in [0.5, 0.6) is 0 Å². The molecule has 0 heterocycles. The number of nitriles is 1. The van der Waals surface area contributed by atoms with Gasteiger partial charge in [-0.15, -0.1) is 0 Å². The summed E-state index contributed by atoms with van der Waals surface area (Å²) in [5, 5.41) is 21.3. The van der Waals surface area contributed by atoms with Crippen molar-refractivity contribution >= 4 is 28.9 Å². The molecule has 2 aromatic rings. The number of anilines is 2. The van der Waals surface area contributed by atoms with Gasteiger partial charge in [-0.05, 0) is 42.8 Å². The van der Waals surface area contributed by atoms with E-state index in [0.717, 1.165) is 5.56 Å². The second-order valence-electron chi connectivity index (χ2n) is 4.29. The van der Waals surface area contributed by atoms with Crippen molar-refractivity contribution in [2.45, 2.75) is 6.92 Å². The molecule has 0 atom stereocenters. The minimum Gasteiger partial charge on any atom is -0.478 e. The van der Waals surface area contributed by atoms with Gasteiger partial charge in [-0.25, -0.2) is 4.79 Å². The van der Waals surface area contributed by atoms with Crippen LogP contribution in [0.2, 0.25) is 5.02 Å². The highest BCUT2D eigenvalue weighted by Crippen LogP contribution is 2.28. The summed E-state index contributed by atoms with van der Waals surface area (Å²) in [4.78, 5) is 10.8. The molecule has 0 aromatic heterocycles. The average molecular weight is 287 g/mol. The smallest absolute Gasteiger partial charge is 0.335 e. The molecule has 0 bridgehead atoms. The summed E-state index contributed by atoms with van der Waals surface area (Å²) < 4.78 is 0. The van der Waals surface area contributed by atoms with Crippen molar-refractivity contribution in [2.75, 3.05) is 5.32 Å². The Hall–Kier alpha value is -2.51. The SMILES string of the molecule is Cc1ccc(Nc2ccc(C(=O)O)cc2Cl)c(C#N)c1. The first-order valence-corrected chi connectivity index (χ1v) is 6.19. The first-order chi connectivity index (χ1) is 9.51. The lowest BCUT2D eigenvalue weighted by molar-refractivity contribution is 0.0697. The maximum atomic E-state index is 10.8. The van der Waals surface area contributed by atoms with Crippen molar-refractivity contribution in [2.24, 2.45) is 0 Å². The van der Waals surface area contributed by atoms with Crippen LogP contribution in [0.1, 0.15) is 21.5 Å². The van der Waals surface area contributed by atoms with Gasteiger partial charge in [0.2, 0.25) is 0 Å². The van der Waals surface area contributed by atoms with E-state index in [4.69, 9.17) is 22.0 Å². The lowest BCUT2D eigenvalue weighted by atomic mass is 10.1. The van der Waals surface area contributed by atoms with Gasteiger partial charge in [0, 0.05) is 0 Å². The third-order valence-electron chi connectivity index (χ3n) is 2.78. The van der Waals surface area contributed by atoms with Gasteiger partial charge in [0.05, 0.1) is 27.5 Å². The second-order valence-corrected chi connectivity index (χ2v) is 4.69. The standard InChI is InChI=1S/C15H11ClN2O2/c1-9-2-4-13(11(6-9)8-17)18-14-5-3-10(15(19)20)7-12(14)16/h2-7,18H,1H3,(H,19,20). The summed E-state index contributed by atoms with van der Waals surface area (Å²) in [6, 6.07) is 11.9. The summed E-state index contributed by atoms with van der Waals surface area (Å²) in [7, 11) is 0. The van der Waals surface area contributed by atoms with E-state index in [9.17, 15) is 4.79 Å². The van der Waals surface area contributed by atoms with Crippen molar-refractivity contribution in [1.82, 2.24) is 0 Å². The molecule has 0 aliphatic rings. The van der Waals surface area contributed by atoms with Gasteiger partial charge < -0.3 is 10.4 Å². The van der Waals surface area contributed by atoms with E-state index in [1.165, 1.54) is 12.1 Å². The molecule has 0 saturated heterocycles. The minimum absolute atomic E-state index is 0.116. The van der Waals surface area contributed by atoms with Gasteiger partial charge in [0.1, 0.15) is 6.07 Å². The van der Waals surface area contributed by atoms with E-state index < -0.39 is 5.97 Å². The van der Waals surface area contributed by atoms with Gasteiger partial charge in [0.15, 0.2) is 0 Å². The molecule has 5 heteroatoms. The molecular weight excluding hydrogens is 276 g/mol. The maximum Gasteiger partial charge on any atom is 0.335 e. The highest BCUT2D eigenvalue weighted by atomic mass is 35.5. The summed E-state index contributed by atoms with van der Waals surface area (Å²) >= 11 is 6.04. The summed E-state index contributed by atoms with van der Waals surface area (Å²) in [5.74, 6) is -1.04. The monoisotopic (exact) mass is 286 g/mol. The number of carboxylic acid groups (broad SMARTS) is 1. The average Bonchev–Trinajstić information content (AvgIpc) is 2.42. The quantitative estimate of drug-likeness (QED) is 0.895. The third-order valence-corrected chi connectivity index (χ3v) is 3.09. The lowest BCUT2D eigenvalue weighted by Crippen LogP contribution is -1.99. The molecule has 0 saturated carbocycles. The Bertz CT molecular complexity index is 720. The number of hydrogen-bond donors (Lipinski definition) is 2. The van der Waals surface area contributed by atoms with Gasteiger partial charge in [0.25, 0.3) is 0 Å². The fourth-order valence-corrected chi connectivity index (χ4v) is 1.98. The van der Waals surface area contributed by atoms with E-state index in [1.807, 2.05) is 13.0 Å². The number of carbonyl (C=O) groups is 1. The van der Waals surface area contributed by atoms with Crippen molar-refractivity contribution in [3.8, 4) is 6.07 Å². The first-order valence-electron chi connectivity index (χ1n) is 5.82. The number of aromatic carboxylic acids is 1. The zero-order valence-corrected chi connectivity index (χ0v) is 11.4. The predicted molar refractivity (Wildman–Crippen MR) is 77.6 cm³/mol. The Morgan fingerprint density at radius 3 is 2.55 bits per heavy atom. The lowest BCUT2D eigenvalue weighted by Gasteiger charge is -2.11. The van der Waals surface area contributed by atoms with Crippen LogP contribution in [0.15, 0.2) is 36.4 Å². The van der Waals surface area contributed by atoms with Crippen LogP contribution in [-0.2, 0) is 0 Å². The van der Waals surface area contributed by atoms with Crippen molar-refractivity contribution in [1.29, 1.82) is 5.26 Å². The molecule has 20 heavy (non-hydrogen) atoms. The van der Waals surface area contributed by atoms with E-state index in [-0.39, 0.29) is 10.6 Å². The van der Waals surface area contributed by atoms with Crippen molar-refractivity contribution in [3.63, 3.8) is 0 Å². The summed E-state index contributed by atoms with van der Waals surface area (Å²) in [6.07, 6.45) is 0. The number of nitrogens with one attached hydrogen (secondary N) is 1. The number of nitrogens with zero attached hydrogens (tertiary/aromatic N) is 1. The highest BCUT2D eigenvalue weighted by molar-refractivity contribution is 6.33. The van der Waals surface area contributed by atoms with Crippen molar-refractivity contribution in [3.05, 3.63) is 58.1 Å². The molecule has 100 valence electrons. The molecule has 4 nitrogen and oxygen atoms in total. The predicted octanol–water partition coefficient (Wildman–Crippen LogP) is 3.96. The largest absolute Gasteiger partial charge is 0.478 e. The van der Waals surface area contributed by atoms with Crippen LogP contribution < -0.4 is 5.32 Å². The van der Waals surface area contributed by atoms with Crippen LogP contribution in [0, 0.1) is 18.3 Å². The second kappa shape index (κ2) is 5.64. The Labute approximate surface area is 121 Å². The van der Waals surface area contributed by atoms with Crippen LogP contribution in [0.25, 0.3) is 0 Å². The number of rotatable bonds is 3. The topological polar surface area (TPSA) is 73.1 Å². The Kier molecular flexibility index (Phi) is 3.92. The molecular formula is C15H11ClN2O2. The van der Waals surface area contributed by atoms with Gasteiger partial charge in [-0.3, -0.25) is 0 Å². The fourth-order valence-electron chi connectivity index (χ4n) is 1.75. The molecule has 0 aliphatic carbocycles. The van der Waals surface area contributed by atoms with E-state index >= 15 is 0 Å². The number of hydrogen-bond acceptors (Lipinski definition) is 3. The molecule has 2 rings (SSSR count). The molecule has 2 aromatic carbocycles. The Morgan fingerprint density at radius 1 is 1.25 bits per heavy atom. The van der Waals surface area contributed by atoms with Crippen LogP contribution in [0.3, 0.4) is 0 Å². The van der Waals surface area contributed by atoms with Crippen molar-refractivity contribution < 1.29 is 9.90 Å². The maximum absolute atomic E-state index is 10.8. The fraction of sp³-hybridized carbons (Fsp3) is 0.0667. The van der Waals surface area contributed by atoms with Crippen LogP contribution in [0.4, 0.5) is 11.4 Å². The van der Waals surface area contributed by atoms with Gasteiger partial charge in [-0.1, -0.05) is 17.7 Å². The van der Waals surface area contributed by atoms with E-state index in [0.29, 0.717) is 16.9 Å².